The van der Waals surface area contributed by atoms with Crippen LogP contribution in [-0.2, 0) is 4.79 Å². The van der Waals surface area contributed by atoms with Crippen molar-refractivity contribution in [2.24, 2.45) is 17.3 Å². The summed E-state index contributed by atoms with van der Waals surface area (Å²) in [6, 6.07) is 2.23. The van der Waals surface area contributed by atoms with Crippen molar-refractivity contribution in [2.45, 2.75) is 19.8 Å². The highest BCUT2D eigenvalue weighted by molar-refractivity contribution is 5.88. The van der Waals surface area contributed by atoms with E-state index in [1.54, 1.807) is 0 Å². The molecule has 12 heavy (non-hydrogen) atoms. The Morgan fingerprint density at radius 2 is 2.33 bits per heavy atom. The molecule has 2 aliphatic rings. The molecule has 0 aromatic heterocycles. The second-order valence-electron chi connectivity index (χ2n) is 3.87. The Bertz CT molecular complexity index is 264. The molecule has 2 fully saturated rings. The van der Waals surface area contributed by atoms with Crippen molar-refractivity contribution in [3.8, 4) is 6.07 Å². The number of carbonyl (C=O) groups excluding carboxylic acids is 1. The zero-order chi connectivity index (χ0) is 8.77. The Morgan fingerprint density at radius 1 is 1.67 bits per heavy atom. The fraction of sp³-hybridized carbons (Fsp3) is 0.778. The third-order valence-electron chi connectivity index (χ3n) is 3.13. The first-order chi connectivity index (χ1) is 5.71. The summed E-state index contributed by atoms with van der Waals surface area (Å²) in [5.41, 5.74) is -0.681. The number of amides is 1. The van der Waals surface area contributed by atoms with Crippen LogP contribution >= 0.6 is 0 Å². The minimum Gasteiger partial charge on any atom is -0.354 e. The van der Waals surface area contributed by atoms with E-state index in [1.165, 1.54) is 0 Å². The number of carbonyl (C=O) groups is 1. The van der Waals surface area contributed by atoms with E-state index >= 15 is 0 Å². The number of nitrogens with zero attached hydrogens (tertiary/aromatic N) is 1. The Hall–Kier alpha value is -1.04. The molecule has 0 bridgehead atoms. The van der Waals surface area contributed by atoms with Gasteiger partial charge < -0.3 is 5.32 Å². The van der Waals surface area contributed by atoms with Crippen LogP contribution in [0.1, 0.15) is 19.8 Å². The van der Waals surface area contributed by atoms with Gasteiger partial charge in [0, 0.05) is 12.5 Å². The Balaban J connectivity index is 2.36. The van der Waals surface area contributed by atoms with Crippen molar-refractivity contribution in [3.05, 3.63) is 0 Å². The molecule has 1 saturated carbocycles. The second kappa shape index (κ2) is 2.22. The van der Waals surface area contributed by atoms with Gasteiger partial charge in [0.05, 0.1) is 6.07 Å². The van der Waals surface area contributed by atoms with Gasteiger partial charge in [-0.1, -0.05) is 6.92 Å². The van der Waals surface area contributed by atoms with Crippen LogP contribution in [0.4, 0.5) is 0 Å². The van der Waals surface area contributed by atoms with Crippen molar-refractivity contribution in [1.29, 1.82) is 5.26 Å². The highest BCUT2D eigenvalue weighted by atomic mass is 16.2. The zero-order valence-electron chi connectivity index (χ0n) is 7.13. The summed E-state index contributed by atoms with van der Waals surface area (Å²) in [5.74, 6) is 0.475. The Labute approximate surface area is 71.8 Å². The fourth-order valence-electron chi connectivity index (χ4n) is 2.16. The highest BCUT2D eigenvalue weighted by Gasteiger charge is 2.57. The number of nitrogens with one attached hydrogen (secondary N) is 1. The van der Waals surface area contributed by atoms with Gasteiger partial charge >= 0.3 is 0 Å². The van der Waals surface area contributed by atoms with E-state index in [1.807, 2.05) is 6.92 Å². The molecule has 0 aromatic carbocycles. The number of hydrogen-bond acceptors (Lipinski definition) is 2. The molecular formula is C9H12N2O. The Kier molecular flexibility index (Phi) is 1.41. The minimum absolute atomic E-state index is 0.0417. The van der Waals surface area contributed by atoms with Crippen LogP contribution in [0.5, 0.6) is 0 Å². The van der Waals surface area contributed by atoms with Gasteiger partial charge in [0.1, 0.15) is 5.41 Å². The minimum atomic E-state index is -0.681. The Morgan fingerprint density at radius 3 is 2.67 bits per heavy atom. The lowest BCUT2D eigenvalue weighted by atomic mass is 9.75. The summed E-state index contributed by atoms with van der Waals surface area (Å²) in [6.07, 6.45) is 2.09. The van der Waals surface area contributed by atoms with Gasteiger partial charge in [-0.3, -0.25) is 4.79 Å². The van der Waals surface area contributed by atoms with E-state index in [2.05, 4.69) is 11.4 Å². The van der Waals surface area contributed by atoms with Crippen molar-refractivity contribution in [3.63, 3.8) is 0 Å². The molecule has 64 valence electrons. The quantitative estimate of drug-likeness (QED) is 0.619. The first kappa shape index (κ1) is 7.60. The number of nitriles is 1. The average molecular weight is 164 g/mol. The van der Waals surface area contributed by atoms with Crippen molar-refractivity contribution >= 4 is 5.91 Å². The van der Waals surface area contributed by atoms with E-state index in [4.69, 9.17) is 5.26 Å². The molecule has 1 aliphatic heterocycles. The highest BCUT2D eigenvalue weighted by Crippen LogP contribution is 2.51. The third kappa shape index (κ3) is 0.726. The van der Waals surface area contributed by atoms with Crippen LogP contribution in [-0.4, -0.2) is 12.5 Å². The van der Waals surface area contributed by atoms with Crippen LogP contribution in [0, 0.1) is 28.6 Å². The molecule has 3 heteroatoms. The molecule has 1 aliphatic carbocycles. The summed E-state index contributed by atoms with van der Waals surface area (Å²) in [4.78, 5) is 11.5. The lowest BCUT2D eigenvalue weighted by Crippen LogP contribution is -2.34. The van der Waals surface area contributed by atoms with Crippen molar-refractivity contribution in [2.75, 3.05) is 6.54 Å². The lowest BCUT2D eigenvalue weighted by molar-refractivity contribution is -0.126. The van der Waals surface area contributed by atoms with Gasteiger partial charge in [0.15, 0.2) is 0 Å². The van der Waals surface area contributed by atoms with Crippen molar-refractivity contribution in [1.82, 2.24) is 5.32 Å². The maximum atomic E-state index is 11.5. The molecule has 3 nitrogen and oxygen atoms in total. The SMILES string of the molecule is C[C@@H]1CNC(=O)[C@@]1(C#N)C1CC1. The first-order valence-corrected chi connectivity index (χ1v) is 4.41. The molecule has 0 spiro atoms. The second-order valence-corrected chi connectivity index (χ2v) is 3.87. The standard InChI is InChI=1S/C9H12N2O/c1-6-4-11-8(12)9(6,5-10)7-2-3-7/h6-7H,2-4H2,1H3,(H,11,12)/t6-,9-/m1/s1. The van der Waals surface area contributed by atoms with E-state index in [9.17, 15) is 4.79 Å². The molecule has 1 amide bonds. The van der Waals surface area contributed by atoms with E-state index in [0.717, 1.165) is 12.8 Å². The molecule has 0 unspecified atom stereocenters. The van der Waals surface area contributed by atoms with Crippen molar-refractivity contribution < 1.29 is 4.79 Å². The maximum absolute atomic E-state index is 11.5. The number of hydrogen-bond donors (Lipinski definition) is 1. The van der Waals surface area contributed by atoms with Crippen LogP contribution < -0.4 is 5.32 Å². The van der Waals surface area contributed by atoms with Gasteiger partial charge in [-0.2, -0.15) is 5.26 Å². The first-order valence-electron chi connectivity index (χ1n) is 4.41. The number of rotatable bonds is 1. The normalized spacial score (nSPS) is 40.7. The predicted octanol–water partition coefficient (Wildman–Crippen LogP) is 0.672. The molecule has 1 saturated heterocycles. The topological polar surface area (TPSA) is 52.9 Å². The van der Waals surface area contributed by atoms with E-state index < -0.39 is 5.41 Å². The summed E-state index contributed by atoms with van der Waals surface area (Å²) in [6.45, 7) is 2.66. The molecule has 0 aromatic rings. The molecule has 0 radical (unpaired) electrons. The third-order valence-corrected chi connectivity index (χ3v) is 3.13. The summed E-state index contributed by atoms with van der Waals surface area (Å²) >= 11 is 0. The van der Waals surface area contributed by atoms with Crippen LogP contribution in [0.25, 0.3) is 0 Å². The molecule has 1 N–H and O–H groups in total. The van der Waals surface area contributed by atoms with E-state index in [0.29, 0.717) is 12.5 Å². The van der Waals surface area contributed by atoms with E-state index in [-0.39, 0.29) is 11.8 Å². The van der Waals surface area contributed by atoms with Gasteiger partial charge in [0.25, 0.3) is 0 Å². The maximum Gasteiger partial charge on any atom is 0.241 e. The van der Waals surface area contributed by atoms with Gasteiger partial charge in [0.2, 0.25) is 5.91 Å². The molecule has 2 rings (SSSR count). The van der Waals surface area contributed by atoms with Crippen LogP contribution in [0.2, 0.25) is 0 Å². The predicted molar refractivity (Wildman–Crippen MR) is 42.9 cm³/mol. The molecule has 2 atom stereocenters. The monoisotopic (exact) mass is 164 g/mol. The zero-order valence-corrected chi connectivity index (χ0v) is 7.13. The van der Waals surface area contributed by atoms with Crippen LogP contribution in [0.15, 0.2) is 0 Å². The van der Waals surface area contributed by atoms with Gasteiger partial charge in [-0.05, 0) is 18.8 Å². The van der Waals surface area contributed by atoms with Crippen LogP contribution in [0.3, 0.4) is 0 Å². The van der Waals surface area contributed by atoms with Gasteiger partial charge in [-0.25, -0.2) is 0 Å². The molecule has 1 heterocycles. The molecular weight excluding hydrogens is 152 g/mol. The summed E-state index contributed by atoms with van der Waals surface area (Å²) < 4.78 is 0. The fourth-order valence-corrected chi connectivity index (χ4v) is 2.16. The average Bonchev–Trinajstić information content (AvgIpc) is 2.83. The smallest absolute Gasteiger partial charge is 0.241 e. The summed E-state index contributed by atoms with van der Waals surface area (Å²) in [7, 11) is 0. The lowest BCUT2D eigenvalue weighted by Gasteiger charge is -2.21. The summed E-state index contributed by atoms with van der Waals surface area (Å²) in [5, 5.41) is 11.8. The largest absolute Gasteiger partial charge is 0.354 e. The van der Waals surface area contributed by atoms with Gasteiger partial charge in [-0.15, -0.1) is 0 Å².